The molecule has 1 saturated carbocycles. The lowest BCUT2D eigenvalue weighted by Gasteiger charge is -2.12. The van der Waals surface area contributed by atoms with Crippen molar-refractivity contribution in [2.75, 3.05) is 17.2 Å². The van der Waals surface area contributed by atoms with E-state index in [1.165, 1.54) is 0 Å². The normalized spacial score (nSPS) is 14.0. The van der Waals surface area contributed by atoms with Gasteiger partial charge in [0.05, 0.1) is 11.4 Å². The molecule has 1 aromatic rings. The lowest BCUT2D eigenvalue weighted by molar-refractivity contribution is -0.117. The van der Waals surface area contributed by atoms with E-state index in [-0.39, 0.29) is 30.7 Å². The highest BCUT2D eigenvalue weighted by Crippen LogP contribution is 2.32. The minimum atomic E-state index is -0.202. The number of nitrogens with one attached hydrogen (secondary N) is 2. The van der Waals surface area contributed by atoms with Gasteiger partial charge >= 0.3 is 0 Å². The van der Waals surface area contributed by atoms with Crippen LogP contribution in [0.5, 0.6) is 0 Å². The molecule has 4 N–H and O–H groups in total. The van der Waals surface area contributed by atoms with Crippen LogP contribution in [0.1, 0.15) is 19.3 Å². The summed E-state index contributed by atoms with van der Waals surface area (Å²) in [6.07, 6.45) is 2.07. The van der Waals surface area contributed by atoms with Gasteiger partial charge in [-0.1, -0.05) is 11.6 Å². The molecule has 2 rings (SSSR count). The van der Waals surface area contributed by atoms with Gasteiger partial charge < -0.3 is 16.4 Å². The molecule has 19 heavy (non-hydrogen) atoms. The predicted molar refractivity (Wildman–Crippen MR) is 75.1 cm³/mol. The highest BCUT2D eigenvalue weighted by Gasteiger charge is 2.30. The van der Waals surface area contributed by atoms with Crippen molar-refractivity contribution in [3.63, 3.8) is 0 Å². The van der Waals surface area contributed by atoms with E-state index in [0.29, 0.717) is 16.4 Å². The molecule has 0 unspecified atom stereocenters. The van der Waals surface area contributed by atoms with Crippen molar-refractivity contribution in [3.05, 3.63) is 23.2 Å². The largest absolute Gasteiger partial charge is 0.330 e. The maximum absolute atomic E-state index is 11.7. The molecular weight excluding hydrogens is 266 g/mol. The van der Waals surface area contributed by atoms with Crippen LogP contribution in [0, 0.1) is 5.92 Å². The molecule has 5 nitrogen and oxygen atoms in total. The number of rotatable bonds is 5. The van der Waals surface area contributed by atoms with Crippen molar-refractivity contribution >= 4 is 34.8 Å². The summed E-state index contributed by atoms with van der Waals surface area (Å²) in [4.78, 5) is 23.3. The zero-order valence-corrected chi connectivity index (χ0v) is 11.2. The Bertz CT molecular complexity index is 501. The highest BCUT2D eigenvalue weighted by atomic mass is 35.5. The fraction of sp³-hybridized carbons (Fsp3) is 0.385. The molecule has 0 saturated heterocycles. The SMILES string of the molecule is NCCC(=O)Nc1cc(Cl)ccc1NC(=O)C1CC1. The van der Waals surface area contributed by atoms with Crippen LogP contribution >= 0.6 is 11.6 Å². The smallest absolute Gasteiger partial charge is 0.227 e. The van der Waals surface area contributed by atoms with Crippen LogP contribution in [0.4, 0.5) is 11.4 Å². The number of amides is 2. The van der Waals surface area contributed by atoms with Crippen LogP contribution < -0.4 is 16.4 Å². The van der Waals surface area contributed by atoms with Gasteiger partial charge in [0.25, 0.3) is 0 Å². The molecule has 0 aromatic heterocycles. The summed E-state index contributed by atoms with van der Waals surface area (Å²) in [6.45, 7) is 0.274. The molecule has 0 radical (unpaired) electrons. The van der Waals surface area contributed by atoms with Gasteiger partial charge in [-0.05, 0) is 31.0 Å². The molecule has 0 heterocycles. The molecular formula is C13H16ClN3O2. The topological polar surface area (TPSA) is 84.2 Å². The summed E-state index contributed by atoms with van der Waals surface area (Å²) in [5, 5.41) is 6.00. The van der Waals surface area contributed by atoms with E-state index in [9.17, 15) is 9.59 Å². The second-order valence-corrected chi connectivity index (χ2v) is 4.98. The number of hydrogen-bond acceptors (Lipinski definition) is 3. The van der Waals surface area contributed by atoms with Gasteiger partial charge in [0.15, 0.2) is 0 Å². The Morgan fingerprint density at radius 1 is 1.26 bits per heavy atom. The van der Waals surface area contributed by atoms with Crippen LogP contribution in [0.25, 0.3) is 0 Å². The molecule has 0 bridgehead atoms. The van der Waals surface area contributed by atoms with E-state index in [2.05, 4.69) is 10.6 Å². The first-order valence-corrected chi connectivity index (χ1v) is 6.58. The number of halogens is 1. The number of carbonyl (C=O) groups excluding carboxylic acids is 2. The highest BCUT2D eigenvalue weighted by molar-refractivity contribution is 6.31. The van der Waals surface area contributed by atoms with E-state index in [1.807, 2.05) is 0 Å². The zero-order valence-electron chi connectivity index (χ0n) is 10.4. The summed E-state index contributed by atoms with van der Waals surface area (Å²) in [5.41, 5.74) is 6.38. The van der Waals surface area contributed by atoms with Gasteiger partial charge in [-0.3, -0.25) is 9.59 Å². The van der Waals surface area contributed by atoms with Crippen LogP contribution in [-0.4, -0.2) is 18.4 Å². The second-order valence-electron chi connectivity index (χ2n) is 4.54. The molecule has 102 valence electrons. The van der Waals surface area contributed by atoms with E-state index < -0.39 is 0 Å². The fourth-order valence-corrected chi connectivity index (χ4v) is 1.83. The van der Waals surface area contributed by atoms with Crippen LogP contribution in [-0.2, 0) is 9.59 Å². The lowest BCUT2D eigenvalue weighted by Crippen LogP contribution is -2.19. The predicted octanol–water partition coefficient (Wildman–Crippen LogP) is 1.98. The van der Waals surface area contributed by atoms with Gasteiger partial charge in [0, 0.05) is 23.9 Å². The molecule has 6 heteroatoms. The average Bonchev–Trinajstić information content (AvgIpc) is 3.16. The first kappa shape index (κ1) is 13.8. The van der Waals surface area contributed by atoms with Crippen molar-refractivity contribution in [2.45, 2.75) is 19.3 Å². The lowest BCUT2D eigenvalue weighted by atomic mass is 10.2. The van der Waals surface area contributed by atoms with Crippen molar-refractivity contribution in [2.24, 2.45) is 11.7 Å². The Balaban J connectivity index is 2.12. The Morgan fingerprint density at radius 2 is 2.00 bits per heavy atom. The van der Waals surface area contributed by atoms with E-state index in [4.69, 9.17) is 17.3 Å². The Hall–Kier alpha value is -1.59. The third-order valence-corrected chi connectivity index (χ3v) is 3.07. The maximum Gasteiger partial charge on any atom is 0.227 e. The third-order valence-electron chi connectivity index (χ3n) is 2.83. The summed E-state index contributed by atoms with van der Waals surface area (Å²) in [7, 11) is 0. The molecule has 1 fully saturated rings. The van der Waals surface area contributed by atoms with Crippen molar-refractivity contribution in [1.82, 2.24) is 0 Å². The first-order valence-electron chi connectivity index (χ1n) is 6.20. The minimum Gasteiger partial charge on any atom is -0.330 e. The monoisotopic (exact) mass is 281 g/mol. The van der Waals surface area contributed by atoms with Crippen molar-refractivity contribution < 1.29 is 9.59 Å². The Labute approximate surface area is 116 Å². The quantitative estimate of drug-likeness (QED) is 0.771. The van der Waals surface area contributed by atoms with Crippen LogP contribution in [0.15, 0.2) is 18.2 Å². The molecule has 1 aliphatic carbocycles. The van der Waals surface area contributed by atoms with Gasteiger partial charge in [-0.15, -0.1) is 0 Å². The number of benzene rings is 1. The summed E-state index contributed by atoms with van der Waals surface area (Å²) in [5.74, 6) is -0.119. The number of anilines is 2. The Morgan fingerprint density at radius 3 is 2.63 bits per heavy atom. The van der Waals surface area contributed by atoms with Gasteiger partial charge in [-0.25, -0.2) is 0 Å². The summed E-state index contributed by atoms with van der Waals surface area (Å²) >= 11 is 5.90. The van der Waals surface area contributed by atoms with Crippen LogP contribution in [0.2, 0.25) is 5.02 Å². The van der Waals surface area contributed by atoms with Crippen molar-refractivity contribution in [3.8, 4) is 0 Å². The van der Waals surface area contributed by atoms with Gasteiger partial charge in [-0.2, -0.15) is 0 Å². The average molecular weight is 282 g/mol. The van der Waals surface area contributed by atoms with Gasteiger partial charge in [0.2, 0.25) is 11.8 Å². The van der Waals surface area contributed by atoms with E-state index >= 15 is 0 Å². The second kappa shape index (κ2) is 6.04. The minimum absolute atomic E-state index is 0.0170. The molecule has 2 amide bonds. The van der Waals surface area contributed by atoms with E-state index in [1.54, 1.807) is 18.2 Å². The number of nitrogens with two attached hydrogens (primary N) is 1. The molecule has 0 spiro atoms. The molecule has 1 aromatic carbocycles. The van der Waals surface area contributed by atoms with Crippen LogP contribution in [0.3, 0.4) is 0 Å². The summed E-state index contributed by atoms with van der Waals surface area (Å²) in [6, 6.07) is 4.96. The zero-order chi connectivity index (χ0) is 13.8. The molecule has 0 aliphatic heterocycles. The third kappa shape index (κ3) is 3.94. The summed E-state index contributed by atoms with van der Waals surface area (Å²) < 4.78 is 0. The first-order chi connectivity index (χ1) is 9.10. The fourth-order valence-electron chi connectivity index (χ4n) is 1.65. The van der Waals surface area contributed by atoms with Crippen molar-refractivity contribution in [1.29, 1.82) is 0 Å². The van der Waals surface area contributed by atoms with Gasteiger partial charge in [0.1, 0.15) is 0 Å². The Kier molecular flexibility index (Phi) is 4.39. The molecule has 0 atom stereocenters. The number of carbonyl (C=O) groups is 2. The standard InChI is InChI=1S/C13H16ClN3O2/c14-9-3-4-10(17-13(19)8-1-2-8)11(7-9)16-12(18)5-6-15/h3-4,7-8H,1-2,5-6,15H2,(H,16,18)(H,17,19). The maximum atomic E-state index is 11.7. The van der Waals surface area contributed by atoms with E-state index in [0.717, 1.165) is 12.8 Å². The number of hydrogen-bond donors (Lipinski definition) is 3. The molecule has 1 aliphatic rings.